The van der Waals surface area contributed by atoms with Crippen LogP contribution in [0.5, 0.6) is 0 Å². The molecule has 1 N–H and O–H groups in total. The number of piperazine rings is 1. The summed E-state index contributed by atoms with van der Waals surface area (Å²) in [5.74, 6) is 0.149. The Morgan fingerprint density at radius 2 is 1.82 bits per heavy atom. The zero-order valence-electron chi connectivity index (χ0n) is 15.5. The monoisotopic (exact) mass is 378 g/mol. The molecule has 1 aliphatic heterocycles. The molecule has 0 unspecified atom stereocenters. The summed E-state index contributed by atoms with van der Waals surface area (Å²) in [4.78, 5) is 32.8. The summed E-state index contributed by atoms with van der Waals surface area (Å²) in [6, 6.07) is 14.7. The Balaban J connectivity index is 1.24. The lowest BCUT2D eigenvalue weighted by Crippen LogP contribution is -2.50. The van der Waals surface area contributed by atoms with Crippen LogP contribution in [0.3, 0.4) is 0 Å². The fraction of sp³-hybridized carbons (Fsp3) is 0.286. The summed E-state index contributed by atoms with van der Waals surface area (Å²) >= 11 is 0. The van der Waals surface area contributed by atoms with Gasteiger partial charge in [0.05, 0.1) is 0 Å². The van der Waals surface area contributed by atoms with E-state index < -0.39 is 0 Å². The van der Waals surface area contributed by atoms with E-state index in [9.17, 15) is 9.59 Å². The van der Waals surface area contributed by atoms with E-state index in [0.29, 0.717) is 31.1 Å². The van der Waals surface area contributed by atoms with Crippen molar-refractivity contribution in [2.24, 2.45) is 0 Å². The second kappa shape index (κ2) is 8.22. The van der Waals surface area contributed by atoms with Gasteiger partial charge < -0.3 is 14.6 Å². The summed E-state index contributed by atoms with van der Waals surface area (Å²) in [7, 11) is 0. The van der Waals surface area contributed by atoms with Crippen LogP contribution >= 0.6 is 0 Å². The highest BCUT2D eigenvalue weighted by Crippen LogP contribution is 2.20. The number of hydrogen-bond donors (Lipinski definition) is 1. The van der Waals surface area contributed by atoms with E-state index in [1.54, 1.807) is 30.5 Å². The van der Waals surface area contributed by atoms with Crippen LogP contribution in [-0.4, -0.2) is 65.9 Å². The van der Waals surface area contributed by atoms with Crippen molar-refractivity contribution in [2.75, 3.05) is 39.3 Å². The van der Waals surface area contributed by atoms with Crippen LogP contribution in [0.2, 0.25) is 0 Å². The molecule has 28 heavy (non-hydrogen) atoms. The molecule has 0 saturated carbocycles. The van der Waals surface area contributed by atoms with Gasteiger partial charge in [-0.05, 0) is 24.3 Å². The zero-order valence-corrected chi connectivity index (χ0v) is 15.5. The summed E-state index contributed by atoms with van der Waals surface area (Å²) in [6.45, 7) is 4.11. The van der Waals surface area contributed by atoms with Crippen molar-refractivity contribution in [3.8, 4) is 0 Å². The number of nitrogens with zero attached hydrogens (tertiary/aromatic N) is 3. The first-order valence-corrected chi connectivity index (χ1v) is 9.40. The lowest BCUT2D eigenvalue weighted by Gasteiger charge is -2.34. The predicted octanol–water partition coefficient (Wildman–Crippen LogP) is 2.02. The van der Waals surface area contributed by atoms with Gasteiger partial charge in [-0.1, -0.05) is 24.3 Å². The standard InChI is InChI=1S/C21H22N4O3/c26-20(17-6-3-4-8-22-17)23-9-10-24-11-13-25(14-12-24)21(27)19-15-16-5-1-2-7-18(16)28-19/h1-8,15H,9-14H2,(H,23,26). The highest BCUT2D eigenvalue weighted by atomic mass is 16.3. The maximum absolute atomic E-state index is 12.7. The Hall–Kier alpha value is -3.19. The molecule has 3 aromatic rings. The molecule has 7 heteroatoms. The molecule has 0 atom stereocenters. The number of furan rings is 1. The first-order chi connectivity index (χ1) is 13.7. The molecule has 7 nitrogen and oxygen atoms in total. The van der Waals surface area contributed by atoms with Crippen molar-refractivity contribution in [3.63, 3.8) is 0 Å². The first kappa shape index (κ1) is 18.2. The van der Waals surface area contributed by atoms with E-state index in [1.807, 2.05) is 29.2 Å². The first-order valence-electron chi connectivity index (χ1n) is 9.40. The molecular weight excluding hydrogens is 356 g/mol. The average molecular weight is 378 g/mol. The Kier molecular flexibility index (Phi) is 5.34. The molecule has 0 radical (unpaired) electrons. The van der Waals surface area contributed by atoms with Gasteiger partial charge in [-0.25, -0.2) is 0 Å². The number of para-hydroxylation sites is 1. The normalized spacial score (nSPS) is 14.9. The molecular formula is C21H22N4O3. The third-order valence-corrected chi connectivity index (χ3v) is 4.91. The molecule has 144 valence electrons. The van der Waals surface area contributed by atoms with Gasteiger partial charge in [-0.2, -0.15) is 0 Å². The predicted molar refractivity (Wildman–Crippen MR) is 105 cm³/mol. The number of hydrogen-bond acceptors (Lipinski definition) is 5. The number of benzene rings is 1. The van der Waals surface area contributed by atoms with Crippen LogP contribution in [0.15, 0.2) is 59.1 Å². The fourth-order valence-electron chi connectivity index (χ4n) is 3.33. The van der Waals surface area contributed by atoms with E-state index >= 15 is 0 Å². The molecule has 4 rings (SSSR count). The number of amides is 2. The van der Waals surface area contributed by atoms with Crippen molar-refractivity contribution in [1.82, 2.24) is 20.1 Å². The van der Waals surface area contributed by atoms with Gasteiger partial charge in [0.2, 0.25) is 0 Å². The van der Waals surface area contributed by atoms with Gasteiger partial charge in [0, 0.05) is 50.9 Å². The number of pyridine rings is 1. The SMILES string of the molecule is O=C(NCCN1CCN(C(=O)c2cc3ccccc3o2)CC1)c1ccccn1. The molecule has 0 spiro atoms. The minimum Gasteiger partial charge on any atom is -0.451 e. The Morgan fingerprint density at radius 1 is 1.04 bits per heavy atom. The van der Waals surface area contributed by atoms with Crippen LogP contribution in [0.1, 0.15) is 21.0 Å². The van der Waals surface area contributed by atoms with E-state index in [4.69, 9.17) is 4.42 Å². The minimum atomic E-state index is -0.167. The molecule has 1 aromatic carbocycles. The van der Waals surface area contributed by atoms with Gasteiger partial charge in [-0.15, -0.1) is 0 Å². The van der Waals surface area contributed by atoms with Gasteiger partial charge in [0.25, 0.3) is 11.8 Å². The Morgan fingerprint density at radius 3 is 2.57 bits per heavy atom. The molecule has 1 aliphatic rings. The Labute approximate surface area is 162 Å². The summed E-state index contributed by atoms with van der Waals surface area (Å²) in [5, 5.41) is 3.82. The number of nitrogens with one attached hydrogen (secondary N) is 1. The molecule has 2 aromatic heterocycles. The van der Waals surface area contributed by atoms with E-state index in [1.165, 1.54) is 0 Å². The second-order valence-corrected chi connectivity index (χ2v) is 6.75. The Bertz CT molecular complexity index is 929. The molecule has 0 aliphatic carbocycles. The van der Waals surface area contributed by atoms with Gasteiger partial charge >= 0.3 is 0 Å². The molecule has 1 fully saturated rings. The number of fused-ring (bicyclic) bond motifs is 1. The van der Waals surface area contributed by atoms with Crippen LogP contribution in [0, 0.1) is 0 Å². The summed E-state index contributed by atoms with van der Waals surface area (Å²) in [6.07, 6.45) is 1.60. The number of carbonyl (C=O) groups excluding carboxylic acids is 2. The van der Waals surface area contributed by atoms with Crippen molar-refractivity contribution in [2.45, 2.75) is 0 Å². The van der Waals surface area contributed by atoms with Crippen LogP contribution in [0.4, 0.5) is 0 Å². The van der Waals surface area contributed by atoms with Crippen molar-refractivity contribution in [1.29, 1.82) is 0 Å². The highest BCUT2D eigenvalue weighted by Gasteiger charge is 2.24. The van der Waals surface area contributed by atoms with E-state index in [-0.39, 0.29) is 11.8 Å². The quantitative estimate of drug-likeness (QED) is 0.735. The van der Waals surface area contributed by atoms with E-state index in [0.717, 1.165) is 30.6 Å². The highest BCUT2D eigenvalue weighted by molar-refractivity contribution is 5.96. The maximum Gasteiger partial charge on any atom is 0.289 e. The molecule has 3 heterocycles. The maximum atomic E-state index is 12.7. The minimum absolute atomic E-state index is 0.0701. The summed E-state index contributed by atoms with van der Waals surface area (Å²) < 4.78 is 5.68. The van der Waals surface area contributed by atoms with Crippen molar-refractivity contribution < 1.29 is 14.0 Å². The lowest BCUT2D eigenvalue weighted by molar-refractivity contribution is 0.0609. The second-order valence-electron chi connectivity index (χ2n) is 6.75. The summed E-state index contributed by atoms with van der Waals surface area (Å²) in [5.41, 5.74) is 1.15. The lowest BCUT2D eigenvalue weighted by atomic mass is 10.2. The van der Waals surface area contributed by atoms with Crippen LogP contribution in [-0.2, 0) is 0 Å². The third-order valence-electron chi connectivity index (χ3n) is 4.91. The van der Waals surface area contributed by atoms with Gasteiger partial charge in [-0.3, -0.25) is 19.5 Å². The van der Waals surface area contributed by atoms with E-state index in [2.05, 4.69) is 15.2 Å². The fourth-order valence-corrected chi connectivity index (χ4v) is 3.33. The molecule has 1 saturated heterocycles. The van der Waals surface area contributed by atoms with Crippen LogP contribution < -0.4 is 5.32 Å². The molecule has 0 bridgehead atoms. The van der Waals surface area contributed by atoms with Gasteiger partial charge in [0.15, 0.2) is 5.76 Å². The van der Waals surface area contributed by atoms with Crippen molar-refractivity contribution >= 4 is 22.8 Å². The average Bonchev–Trinajstić information content (AvgIpc) is 3.18. The van der Waals surface area contributed by atoms with Crippen molar-refractivity contribution in [3.05, 3.63) is 66.2 Å². The smallest absolute Gasteiger partial charge is 0.289 e. The number of rotatable bonds is 5. The zero-order chi connectivity index (χ0) is 19.3. The number of carbonyl (C=O) groups is 2. The van der Waals surface area contributed by atoms with Crippen LogP contribution in [0.25, 0.3) is 11.0 Å². The molecule has 2 amide bonds. The largest absolute Gasteiger partial charge is 0.451 e. The third kappa shape index (κ3) is 4.04. The topological polar surface area (TPSA) is 78.7 Å². The van der Waals surface area contributed by atoms with Gasteiger partial charge in [0.1, 0.15) is 11.3 Å². The number of aromatic nitrogens is 1.